The molecule has 0 saturated carbocycles. The highest BCUT2D eigenvalue weighted by Gasteiger charge is 2.11. The van der Waals surface area contributed by atoms with E-state index < -0.39 is 0 Å². The van der Waals surface area contributed by atoms with Crippen molar-refractivity contribution in [2.45, 2.75) is 59.4 Å². The van der Waals surface area contributed by atoms with Crippen LogP contribution in [0.25, 0.3) is 10.9 Å². The molecule has 0 spiro atoms. The van der Waals surface area contributed by atoms with Crippen molar-refractivity contribution in [1.29, 1.82) is 0 Å². The quantitative estimate of drug-likeness (QED) is 0.358. The lowest BCUT2D eigenvalue weighted by Crippen LogP contribution is -2.31. The lowest BCUT2D eigenvalue weighted by atomic mass is 10.1. The van der Waals surface area contributed by atoms with E-state index in [1.165, 1.54) is 40.4 Å². The summed E-state index contributed by atoms with van der Waals surface area (Å²) in [6.07, 6.45) is 6.91. The summed E-state index contributed by atoms with van der Waals surface area (Å²) in [4.78, 5) is 14.9. The number of nitrogens with zero attached hydrogens (tertiary/aromatic N) is 2. The van der Waals surface area contributed by atoms with Crippen LogP contribution in [0.5, 0.6) is 0 Å². The number of carbonyl (C=O) groups excluding carboxylic acids is 1. The summed E-state index contributed by atoms with van der Waals surface area (Å²) in [6, 6.07) is 17.2. The van der Waals surface area contributed by atoms with Gasteiger partial charge in [0.25, 0.3) is 0 Å². The summed E-state index contributed by atoms with van der Waals surface area (Å²) < 4.78 is 2.31. The first-order valence-electron chi connectivity index (χ1n) is 12.2. The number of aryl methyl sites for hydroxylation is 2. The molecule has 1 amide bonds. The smallest absolute Gasteiger partial charge is 0.220 e. The predicted octanol–water partition coefficient (Wildman–Crippen LogP) is 5.56. The Labute approximate surface area is 193 Å². The lowest BCUT2D eigenvalue weighted by molar-refractivity contribution is -0.121. The molecule has 3 aromatic rings. The third-order valence-electron chi connectivity index (χ3n) is 6.02. The van der Waals surface area contributed by atoms with Gasteiger partial charge in [-0.25, -0.2) is 0 Å². The molecule has 0 fully saturated rings. The van der Waals surface area contributed by atoms with Crippen LogP contribution in [0.2, 0.25) is 0 Å². The number of fused-ring (bicyclic) bond motifs is 1. The van der Waals surface area contributed by atoms with Crippen molar-refractivity contribution in [2.24, 2.45) is 0 Å². The average molecular weight is 434 g/mol. The van der Waals surface area contributed by atoms with Gasteiger partial charge in [-0.3, -0.25) is 4.79 Å². The summed E-state index contributed by atoms with van der Waals surface area (Å²) in [6.45, 7) is 11.5. The maximum absolute atomic E-state index is 12.4. The van der Waals surface area contributed by atoms with Crippen LogP contribution < -0.4 is 5.32 Å². The molecule has 0 bridgehead atoms. The number of para-hydroxylation sites is 1. The summed E-state index contributed by atoms with van der Waals surface area (Å²) >= 11 is 0. The molecule has 0 saturated heterocycles. The Kier molecular flexibility index (Phi) is 9.36. The fourth-order valence-electron chi connectivity index (χ4n) is 4.38. The zero-order chi connectivity index (χ0) is 22.8. The molecule has 4 nitrogen and oxygen atoms in total. The number of nitrogens with one attached hydrogen (secondary N) is 1. The van der Waals surface area contributed by atoms with Gasteiger partial charge in [-0.2, -0.15) is 0 Å². The van der Waals surface area contributed by atoms with Crippen LogP contribution in [0.4, 0.5) is 0 Å². The minimum absolute atomic E-state index is 0.151. The number of rotatable bonds is 13. The highest BCUT2D eigenvalue weighted by Crippen LogP contribution is 2.23. The van der Waals surface area contributed by atoms with E-state index in [9.17, 15) is 4.79 Å². The predicted molar refractivity (Wildman–Crippen MR) is 135 cm³/mol. The standard InChI is InChI=1S/C28H39N3O/c1-4-18-30(19-5-2)20-8-17-29-28(32)16-15-25-22-31(27-10-7-6-9-26(25)27)21-24-13-11-23(3)12-14-24/h6-7,9-14,22H,4-5,8,15-21H2,1-3H3,(H,29,32). The minimum atomic E-state index is 0.151. The third kappa shape index (κ3) is 6.96. The van der Waals surface area contributed by atoms with E-state index in [0.29, 0.717) is 6.42 Å². The second-order valence-corrected chi connectivity index (χ2v) is 8.83. The maximum Gasteiger partial charge on any atom is 0.220 e. The van der Waals surface area contributed by atoms with Crippen LogP contribution >= 0.6 is 0 Å². The molecular weight excluding hydrogens is 394 g/mol. The van der Waals surface area contributed by atoms with E-state index in [4.69, 9.17) is 0 Å². The third-order valence-corrected chi connectivity index (χ3v) is 6.02. The van der Waals surface area contributed by atoms with Crippen LogP contribution in [0.1, 0.15) is 56.2 Å². The number of hydrogen-bond donors (Lipinski definition) is 1. The topological polar surface area (TPSA) is 37.3 Å². The van der Waals surface area contributed by atoms with Gasteiger partial charge >= 0.3 is 0 Å². The molecule has 0 unspecified atom stereocenters. The van der Waals surface area contributed by atoms with Crippen molar-refractivity contribution in [3.05, 3.63) is 71.4 Å². The van der Waals surface area contributed by atoms with Gasteiger partial charge in [0.2, 0.25) is 5.91 Å². The Balaban J connectivity index is 1.53. The van der Waals surface area contributed by atoms with E-state index >= 15 is 0 Å². The van der Waals surface area contributed by atoms with Gasteiger partial charge in [0.15, 0.2) is 0 Å². The van der Waals surface area contributed by atoms with Crippen molar-refractivity contribution in [1.82, 2.24) is 14.8 Å². The Bertz CT molecular complexity index is 968. The molecule has 0 aliphatic heterocycles. The van der Waals surface area contributed by atoms with E-state index in [0.717, 1.165) is 45.6 Å². The fraction of sp³-hybridized carbons (Fsp3) is 0.464. The van der Waals surface area contributed by atoms with Crippen molar-refractivity contribution < 1.29 is 4.79 Å². The molecule has 0 aliphatic rings. The van der Waals surface area contributed by atoms with Crippen molar-refractivity contribution in [3.8, 4) is 0 Å². The first-order chi connectivity index (χ1) is 15.6. The monoisotopic (exact) mass is 433 g/mol. The molecule has 1 heterocycles. The maximum atomic E-state index is 12.4. The van der Waals surface area contributed by atoms with Crippen LogP contribution in [0.15, 0.2) is 54.7 Å². The summed E-state index contributed by atoms with van der Waals surface area (Å²) in [5.74, 6) is 0.151. The molecule has 1 N–H and O–H groups in total. The number of benzene rings is 2. The van der Waals surface area contributed by atoms with E-state index in [2.05, 4.69) is 90.3 Å². The fourth-order valence-corrected chi connectivity index (χ4v) is 4.38. The molecule has 1 aromatic heterocycles. The second-order valence-electron chi connectivity index (χ2n) is 8.83. The van der Waals surface area contributed by atoms with Gasteiger partial charge in [0.1, 0.15) is 0 Å². The van der Waals surface area contributed by atoms with Gasteiger partial charge in [-0.1, -0.05) is 61.9 Å². The first kappa shape index (κ1) is 24.1. The number of hydrogen-bond acceptors (Lipinski definition) is 2. The Morgan fingerprint density at radius 2 is 1.69 bits per heavy atom. The van der Waals surface area contributed by atoms with Crippen molar-refractivity contribution in [3.63, 3.8) is 0 Å². The summed E-state index contributed by atoms with van der Waals surface area (Å²) in [7, 11) is 0. The van der Waals surface area contributed by atoms with Crippen molar-refractivity contribution in [2.75, 3.05) is 26.2 Å². The molecule has 32 heavy (non-hydrogen) atoms. The van der Waals surface area contributed by atoms with Gasteiger partial charge in [-0.05, 0) is 69.4 Å². The minimum Gasteiger partial charge on any atom is -0.356 e. The van der Waals surface area contributed by atoms with Gasteiger partial charge in [0, 0.05) is 36.6 Å². The Morgan fingerprint density at radius 3 is 2.41 bits per heavy atom. The molecule has 172 valence electrons. The summed E-state index contributed by atoms with van der Waals surface area (Å²) in [5.41, 5.74) is 5.05. The Hall–Kier alpha value is -2.59. The summed E-state index contributed by atoms with van der Waals surface area (Å²) in [5, 5.41) is 4.37. The number of aromatic nitrogens is 1. The molecule has 0 radical (unpaired) electrons. The zero-order valence-corrected chi connectivity index (χ0v) is 20.1. The van der Waals surface area contributed by atoms with E-state index in [1.54, 1.807) is 0 Å². The number of amides is 1. The van der Waals surface area contributed by atoms with Crippen LogP contribution in [-0.4, -0.2) is 41.6 Å². The van der Waals surface area contributed by atoms with Crippen LogP contribution in [-0.2, 0) is 17.8 Å². The van der Waals surface area contributed by atoms with Crippen LogP contribution in [0, 0.1) is 6.92 Å². The molecule has 2 aromatic carbocycles. The molecule has 0 aliphatic carbocycles. The van der Waals surface area contributed by atoms with Gasteiger partial charge < -0.3 is 14.8 Å². The molecule has 0 atom stereocenters. The van der Waals surface area contributed by atoms with E-state index in [-0.39, 0.29) is 5.91 Å². The molecule has 4 heteroatoms. The molecule has 3 rings (SSSR count). The van der Waals surface area contributed by atoms with Crippen molar-refractivity contribution >= 4 is 16.8 Å². The highest BCUT2D eigenvalue weighted by molar-refractivity contribution is 5.85. The van der Waals surface area contributed by atoms with E-state index in [1.807, 2.05) is 0 Å². The Morgan fingerprint density at radius 1 is 0.969 bits per heavy atom. The lowest BCUT2D eigenvalue weighted by Gasteiger charge is -2.20. The SMILES string of the molecule is CCCN(CCC)CCCNC(=O)CCc1cn(Cc2ccc(C)cc2)c2ccccc12. The van der Waals surface area contributed by atoms with Gasteiger partial charge in [0.05, 0.1) is 0 Å². The molecular formula is C28H39N3O. The first-order valence-corrected chi connectivity index (χ1v) is 12.2. The highest BCUT2D eigenvalue weighted by atomic mass is 16.1. The zero-order valence-electron chi connectivity index (χ0n) is 20.1. The van der Waals surface area contributed by atoms with Crippen LogP contribution in [0.3, 0.4) is 0 Å². The normalized spacial score (nSPS) is 11.4. The van der Waals surface area contributed by atoms with Gasteiger partial charge in [-0.15, -0.1) is 0 Å². The number of carbonyl (C=O) groups is 1. The largest absolute Gasteiger partial charge is 0.356 e. The second kappa shape index (κ2) is 12.4. The average Bonchev–Trinajstić information content (AvgIpc) is 3.14.